The van der Waals surface area contributed by atoms with Gasteiger partial charge in [-0.1, -0.05) is 6.07 Å². The Morgan fingerprint density at radius 1 is 1.20 bits per heavy atom. The Balaban J connectivity index is 1.78. The lowest BCUT2D eigenvalue weighted by Crippen LogP contribution is -2.31. The van der Waals surface area contributed by atoms with Gasteiger partial charge in [-0.05, 0) is 42.8 Å². The summed E-state index contributed by atoms with van der Waals surface area (Å²) in [4.78, 5) is 20.6. The Labute approximate surface area is 167 Å². The number of allylic oxidation sites excluding steroid dienone is 1. The predicted octanol–water partition coefficient (Wildman–Crippen LogP) is 3.76. The van der Waals surface area contributed by atoms with Crippen LogP contribution in [0.1, 0.15) is 24.4 Å². The van der Waals surface area contributed by atoms with Crippen LogP contribution in [0.15, 0.2) is 60.1 Å². The number of carbonyl (C=O) groups excluding carboxylic acids is 1. The van der Waals surface area contributed by atoms with Crippen LogP contribution >= 0.6 is 0 Å². The van der Waals surface area contributed by atoms with Crippen LogP contribution in [0.25, 0.3) is 0 Å². The molecule has 0 fully saturated rings. The van der Waals surface area contributed by atoms with Gasteiger partial charge in [-0.2, -0.15) is 18.2 Å². The molecule has 1 atom stereocenters. The molecule has 7 nitrogen and oxygen atoms in total. The molecule has 154 valence electrons. The maximum Gasteiger partial charge on any atom is 0.453 e. The summed E-state index contributed by atoms with van der Waals surface area (Å²) >= 11 is 0. The summed E-state index contributed by atoms with van der Waals surface area (Å²) in [6.45, 7) is 1.55. The third-order valence-corrected chi connectivity index (χ3v) is 4.45. The molecule has 1 aromatic carbocycles. The number of anilines is 2. The summed E-state index contributed by atoms with van der Waals surface area (Å²) in [7, 11) is 0. The van der Waals surface area contributed by atoms with E-state index in [9.17, 15) is 22.4 Å². The highest BCUT2D eigenvalue weighted by Crippen LogP contribution is 2.37. The van der Waals surface area contributed by atoms with Crippen molar-refractivity contribution in [3.8, 4) is 0 Å². The molecule has 3 aromatic rings. The highest BCUT2D eigenvalue weighted by Gasteiger charge is 2.41. The van der Waals surface area contributed by atoms with Gasteiger partial charge in [-0.25, -0.2) is 9.07 Å². The zero-order chi connectivity index (χ0) is 21.5. The summed E-state index contributed by atoms with van der Waals surface area (Å²) < 4.78 is 53.7. The maximum absolute atomic E-state index is 13.2. The number of alkyl halides is 3. The lowest BCUT2D eigenvalue weighted by atomic mass is 9.96. The Morgan fingerprint density at radius 3 is 2.57 bits per heavy atom. The Hall–Kier alpha value is -3.76. The molecule has 0 radical (unpaired) electrons. The lowest BCUT2D eigenvalue weighted by Gasteiger charge is -2.28. The highest BCUT2D eigenvalue weighted by atomic mass is 19.4. The van der Waals surface area contributed by atoms with Gasteiger partial charge in [-0.3, -0.25) is 9.78 Å². The molecular weight excluding hydrogens is 404 g/mol. The van der Waals surface area contributed by atoms with Gasteiger partial charge in [0.05, 0.1) is 5.57 Å². The largest absolute Gasteiger partial charge is 0.453 e. The molecule has 2 aromatic heterocycles. The van der Waals surface area contributed by atoms with E-state index in [2.05, 4.69) is 25.7 Å². The van der Waals surface area contributed by atoms with Crippen molar-refractivity contribution < 1.29 is 22.4 Å². The van der Waals surface area contributed by atoms with Crippen molar-refractivity contribution in [2.75, 3.05) is 10.6 Å². The van der Waals surface area contributed by atoms with Crippen molar-refractivity contribution in [1.29, 1.82) is 0 Å². The fourth-order valence-electron chi connectivity index (χ4n) is 3.14. The van der Waals surface area contributed by atoms with Gasteiger partial charge in [-0.15, -0.1) is 5.10 Å². The Kier molecular flexibility index (Phi) is 4.72. The number of nitrogens with one attached hydrogen (secondary N) is 2. The third-order valence-electron chi connectivity index (χ3n) is 4.45. The molecule has 30 heavy (non-hydrogen) atoms. The van der Waals surface area contributed by atoms with Crippen molar-refractivity contribution in [2.24, 2.45) is 0 Å². The van der Waals surface area contributed by atoms with E-state index in [1.54, 1.807) is 19.1 Å². The van der Waals surface area contributed by atoms with Crippen molar-refractivity contribution >= 4 is 17.5 Å². The number of benzene rings is 1. The highest BCUT2D eigenvalue weighted by molar-refractivity contribution is 6.06. The molecule has 4 rings (SSSR count). The molecule has 11 heteroatoms. The SMILES string of the molecule is CC1=C(C(=O)Nc2ccc(F)cc2)[C@@H](c2cccnc2)n2nc(C(F)(F)F)nc2N1. The van der Waals surface area contributed by atoms with Gasteiger partial charge in [0.25, 0.3) is 11.7 Å². The molecule has 0 unspecified atom stereocenters. The number of pyridine rings is 1. The number of amides is 1. The Bertz CT molecular complexity index is 1120. The van der Waals surface area contributed by atoms with Gasteiger partial charge in [0.2, 0.25) is 5.95 Å². The molecule has 0 bridgehead atoms. The van der Waals surface area contributed by atoms with Gasteiger partial charge in [0.15, 0.2) is 0 Å². The number of carbonyl (C=O) groups is 1. The van der Waals surface area contributed by atoms with Crippen LogP contribution in [0, 0.1) is 5.82 Å². The minimum atomic E-state index is -4.75. The standard InChI is InChI=1S/C19H14F4N6O/c1-10-14(16(30)26-13-6-4-12(20)5-7-13)15(11-3-2-8-24-9-11)29-18(25-10)27-17(28-29)19(21,22)23/h2-9,15H,1H3,(H,26,30)(H,25,27,28)/t15-/m1/s1. The van der Waals surface area contributed by atoms with Gasteiger partial charge in [0.1, 0.15) is 11.9 Å². The van der Waals surface area contributed by atoms with Crippen molar-refractivity contribution in [3.63, 3.8) is 0 Å². The molecule has 0 aliphatic carbocycles. The van der Waals surface area contributed by atoms with Gasteiger partial charge < -0.3 is 10.6 Å². The average molecular weight is 418 g/mol. The van der Waals surface area contributed by atoms with Crippen molar-refractivity contribution in [1.82, 2.24) is 19.7 Å². The fraction of sp³-hybridized carbons (Fsp3) is 0.158. The average Bonchev–Trinajstić information content (AvgIpc) is 3.13. The molecule has 1 amide bonds. The molecular formula is C19H14F4N6O. The Morgan fingerprint density at radius 2 is 1.93 bits per heavy atom. The molecule has 1 aliphatic heterocycles. The topological polar surface area (TPSA) is 84.7 Å². The summed E-state index contributed by atoms with van der Waals surface area (Å²) in [5, 5.41) is 8.93. The number of hydrogen-bond donors (Lipinski definition) is 2. The van der Waals surface area contributed by atoms with Crippen LogP contribution < -0.4 is 10.6 Å². The first-order chi connectivity index (χ1) is 14.2. The first kappa shape index (κ1) is 19.6. The summed E-state index contributed by atoms with van der Waals surface area (Å²) in [6, 6.07) is 7.34. The van der Waals surface area contributed by atoms with Crippen LogP contribution in [-0.4, -0.2) is 25.7 Å². The van der Waals surface area contributed by atoms with E-state index in [0.29, 0.717) is 16.9 Å². The van der Waals surface area contributed by atoms with Crippen LogP contribution in [0.5, 0.6) is 0 Å². The second-order valence-electron chi connectivity index (χ2n) is 6.51. The maximum atomic E-state index is 13.2. The van der Waals surface area contributed by atoms with Gasteiger partial charge in [0, 0.05) is 23.8 Å². The molecule has 0 saturated carbocycles. The molecule has 0 spiro atoms. The monoisotopic (exact) mass is 418 g/mol. The van der Waals surface area contributed by atoms with E-state index in [4.69, 9.17) is 0 Å². The number of fused-ring (bicyclic) bond motifs is 1. The second kappa shape index (κ2) is 7.25. The number of aromatic nitrogens is 4. The van der Waals surface area contributed by atoms with Gasteiger partial charge >= 0.3 is 6.18 Å². The van der Waals surface area contributed by atoms with Crippen LogP contribution in [0.2, 0.25) is 0 Å². The van der Waals surface area contributed by atoms with Crippen molar-refractivity contribution in [3.05, 3.63) is 77.3 Å². The van der Waals surface area contributed by atoms with E-state index in [-0.39, 0.29) is 11.5 Å². The first-order valence-electron chi connectivity index (χ1n) is 8.72. The second-order valence-corrected chi connectivity index (χ2v) is 6.51. The zero-order valence-corrected chi connectivity index (χ0v) is 15.4. The molecule has 3 heterocycles. The minimum Gasteiger partial charge on any atom is -0.328 e. The predicted molar refractivity (Wildman–Crippen MR) is 98.8 cm³/mol. The van der Waals surface area contributed by atoms with E-state index in [1.807, 2.05) is 0 Å². The van der Waals surface area contributed by atoms with Crippen LogP contribution in [0.3, 0.4) is 0 Å². The smallest absolute Gasteiger partial charge is 0.328 e. The van der Waals surface area contributed by atoms with Crippen molar-refractivity contribution in [2.45, 2.75) is 19.1 Å². The third kappa shape index (κ3) is 3.61. The fourth-order valence-corrected chi connectivity index (χ4v) is 3.14. The molecule has 1 aliphatic rings. The zero-order valence-electron chi connectivity index (χ0n) is 15.4. The summed E-state index contributed by atoms with van der Waals surface area (Å²) in [6.07, 6.45) is -1.81. The molecule has 2 N–H and O–H groups in total. The molecule has 0 saturated heterocycles. The van der Waals surface area contributed by atoms with Crippen LogP contribution in [-0.2, 0) is 11.0 Å². The number of hydrogen-bond acceptors (Lipinski definition) is 5. The lowest BCUT2D eigenvalue weighted by molar-refractivity contribution is -0.145. The summed E-state index contributed by atoms with van der Waals surface area (Å²) in [5.74, 6) is -2.53. The van der Waals surface area contributed by atoms with E-state index in [1.165, 1.54) is 36.7 Å². The normalized spacial score (nSPS) is 16.1. The van der Waals surface area contributed by atoms with E-state index in [0.717, 1.165) is 4.68 Å². The first-order valence-corrected chi connectivity index (χ1v) is 8.72. The van der Waals surface area contributed by atoms with E-state index >= 15 is 0 Å². The minimum absolute atomic E-state index is 0.124. The number of nitrogens with zero attached hydrogens (tertiary/aromatic N) is 4. The van der Waals surface area contributed by atoms with Crippen LogP contribution in [0.4, 0.5) is 29.2 Å². The number of halogens is 4. The number of rotatable bonds is 3. The quantitative estimate of drug-likeness (QED) is 0.633. The van der Waals surface area contributed by atoms with E-state index < -0.39 is 29.8 Å². The summed E-state index contributed by atoms with van der Waals surface area (Å²) in [5.41, 5.74) is 1.20.